The van der Waals surface area contributed by atoms with Crippen LogP contribution in [0.25, 0.3) is 0 Å². The maximum absolute atomic E-state index is 10.3. The van der Waals surface area contributed by atoms with E-state index in [2.05, 4.69) is 37.1 Å². The molecular weight excluding hydrogens is 252 g/mol. The quantitative estimate of drug-likeness (QED) is 0.889. The largest absolute Gasteiger partial charge is 0.508 e. The van der Waals surface area contributed by atoms with Crippen LogP contribution in [0.5, 0.6) is 5.75 Å². The van der Waals surface area contributed by atoms with E-state index in [1.165, 1.54) is 0 Å². The van der Waals surface area contributed by atoms with Crippen molar-refractivity contribution in [1.29, 1.82) is 0 Å². The van der Waals surface area contributed by atoms with Gasteiger partial charge >= 0.3 is 0 Å². The van der Waals surface area contributed by atoms with Gasteiger partial charge in [0.15, 0.2) is 0 Å². The van der Waals surface area contributed by atoms with Crippen LogP contribution < -0.4 is 10.2 Å². The van der Waals surface area contributed by atoms with Gasteiger partial charge < -0.3 is 20.1 Å². The lowest BCUT2D eigenvalue weighted by atomic mass is 10.1. The Morgan fingerprint density at radius 2 is 2.30 bits per heavy atom. The number of ether oxygens (including phenoxy) is 1. The lowest BCUT2D eigenvalue weighted by Crippen LogP contribution is -2.30. The highest BCUT2D eigenvalue weighted by molar-refractivity contribution is 5.54. The van der Waals surface area contributed by atoms with Gasteiger partial charge in [-0.1, -0.05) is 13.0 Å². The predicted molar refractivity (Wildman–Crippen MR) is 82.4 cm³/mol. The molecule has 1 aliphatic rings. The van der Waals surface area contributed by atoms with E-state index in [1.54, 1.807) is 0 Å². The summed E-state index contributed by atoms with van der Waals surface area (Å²) in [5.74, 6) is 0.369. The lowest BCUT2D eigenvalue weighted by Gasteiger charge is -2.25. The Morgan fingerprint density at radius 3 is 3.00 bits per heavy atom. The second kappa shape index (κ2) is 6.95. The highest BCUT2D eigenvalue weighted by Gasteiger charge is 2.17. The average Bonchev–Trinajstić information content (AvgIpc) is 2.63. The molecule has 0 aromatic heterocycles. The predicted octanol–water partition coefficient (Wildman–Crippen LogP) is 2.68. The minimum atomic E-state index is 0.167. The van der Waals surface area contributed by atoms with Crippen LogP contribution in [-0.2, 0) is 4.74 Å². The minimum Gasteiger partial charge on any atom is -0.508 e. The Labute approximate surface area is 121 Å². The number of phenolic OH excluding ortho intramolecular Hbond substituents is 1. The van der Waals surface area contributed by atoms with Gasteiger partial charge in [0, 0.05) is 43.1 Å². The molecule has 1 fully saturated rings. The van der Waals surface area contributed by atoms with Gasteiger partial charge in [-0.15, -0.1) is 0 Å². The van der Waals surface area contributed by atoms with E-state index in [-0.39, 0.29) is 12.1 Å². The summed E-state index contributed by atoms with van der Waals surface area (Å²) < 4.78 is 5.66. The molecule has 1 saturated heterocycles. The maximum Gasteiger partial charge on any atom is 0.122 e. The van der Waals surface area contributed by atoms with Crippen LogP contribution in [0.1, 0.15) is 38.8 Å². The first-order valence-electron chi connectivity index (χ1n) is 7.54. The Bertz CT molecular complexity index is 436. The molecular formula is C16H26N2O2. The van der Waals surface area contributed by atoms with Gasteiger partial charge in [-0.05, 0) is 32.9 Å². The average molecular weight is 278 g/mol. The molecule has 2 rings (SSSR count). The number of aromatic hydroxyl groups is 1. The molecule has 1 heterocycles. The van der Waals surface area contributed by atoms with Crippen molar-refractivity contribution >= 4 is 5.69 Å². The smallest absolute Gasteiger partial charge is 0.122 e. The van der Waals surface area contributed by atoms with Crippen molar-refractivity contribution in [3.05, 3.63) is 23.8 Å². The van der Waals surface area contributed by atoms with Crippen LogP contribution in [0, 0.1) is 0 Å². The fourth-order valence-corrected chi connectivity index (χ4v) is 2.74. The zero-order valence-electron chi connectivity index (χ0n) is 12.7. The van der Waals surface area contributed by atoms with Gasteiger partial charge in [0.2, 0.25) is 0 Å². The van der Waals surface area contributed by atoms with Crippen molar-refractivity contribution < 1.29 is 9.84 Å². The normalized spacial score (nSPS) is 21.6. The topological polar surface area (TPSA) is 44.7 Å². The highest BCUT2D eigenvalue weighted by atomic mass is 16.5. The first-order chi connectivity index (χ1) is 9.61. The molecule has 0 spiro atoms. The molecule has 1 aromatic carbocycles. The van der Waals surface area contributed by atoms with Crippen LogP contribution >= 0.6 is 0 Å². The first kappa shape index (κ1) is 15.1. The molecule has 4 heteroatoms. The van der Waals surface area contributed by atoms with E-state index in [9.17, 15) is 5.11 Å². The fraction of sp³-hybridized carbons (Fsp3) is 0.625. The summed E-state index contributed by atoms with van der Waals surface area (Å²) >= 11 is 0. The molecule has 112 valence electrons. The van der Waals surface area contributed by atoms with Crippen LogP contribution in [0.2, 0.25) is 0 Å². The van der Waals surface area contributed by atoms with Crippen LogP contribution in [0.3, 0.4) is 0 Å². The molecule has 2 N–H and O–H groups in total. The molecule has 2 unspecified atom stereocenters. The Kier molecular flexibility index (Phi) is 5.26. The van der Waals surface area contributed by atoms with Crippen molar-refractivity contribution in [2.45, 2.75) is 39.3 Å². The van der Waals surface area contributed by atoms with E-state index in [0.29, 0.717) is 5.75 Å². The van der Waals surface area contributed by atoms with Crippen molar-refractivity contribution in [3.63, 3.8) is 0 Å². The van der Waals surface area contributed by atoms with Crippen LogP contribution in [0.4, 0.5) is 5.69 Å². The number of anilines is 1. The summed E-state index contributed by atoms with van der Waals surface area (Å²) in [6.07, 6.45) is 1.26. The van der Waals surface area contributed by atoms with E-state index in [4.69, 9.17) is 4.74 Å². The van der Waals surface area contributed by atoms with E-state index in [0.717, 1.165) is 43.9 Å². The van der Waals surface area contributed by atoms with E-state index >= 15 is 0 Å². The lowest BCUT2D eigenvalue weighted by molar-refractivity contribution is 0.0821. The number of rotatable bonds is 4. The van der Waals surface area contributed by atoms with Gasteiger partial charge in [0.05, 0.1) is 6.10 Å². The molecule has 1 aromatic rings. The molecule has 0 saturated carbocycles. The van der Waals surface area contributed by atoms with Crippen molar-refractivity contribution in [3.8, 4) is 5.75 Å². The Hall–Kier alpha value is -1.26. The molecule has 4 nitrogen and oxygen atoms in total. The van der Waals surface area contributed by atoms with Crippen molar-refractivity contribution in [2.75, 3.05) is 31.1 Å². The molecule has 0 bridgehead atoms. The number of nitrogens with zero attached hydrogens (tertiary/aromatic N) is 1. The second-order valence-corrected chi connectivity index (χ2v) is 5.50. The zero-order valence-corrected chi connectivity index (χ0v) is 12.7. The number of benzene rings is 1. The number of phenols is 1. The molecule has 1 aliphatic heterocycles. The summed E-state index contributed by atoms with van der Waals surface area (Å²) in [4.78, 5) is 2.29. The van der Waals surface area contributed by atoms with Gasteiger partial charge in [-0.3, -0.25) is 0 Å². The van der Waals surface area contributed by atoms with E-state index in [1.807, 2.05) is 12.1 Å². The summed E-state index contributed by atoms with van der Waals surface area (Å²) in [5.41, 5.74) is 2.03. The maximum atomic E-state index is 10.3. The highest BCUT2D eigenvalue weighted by Crippen LogP contribution is 2.29. The summed E-state index contributed by atoms with van der Waals surface area (Å²) in [6, 6.07) is 6.16. The standard InChI is InChI=1S/C16H26N2O2/c1-4-17-13(3)15-7-6-14(10-16(15)19)18-8-5-9-20-12(2)11-18/h6-7,10,12-13,17,19H,4-5,8-9,11H2,1-3H3. The molecule has 20 heavy (non-hydrogen) atoms. The molecule has 0 amide bonds. The molecule has 0 radical (unpaired) electrons. The third-order valence-electron chi connectivity index (χ3n) is 3.81. The summed E-state index contributed by atoms with van der Waals surface area (Å²) in [7, 11) is 0. The number of hydrogen-bond acceptors (Lipinski definition) is 4. The van der Waals surface area contributed by atoms with Gasteiger partial charge in [-0.25, -0.2) is 0 Å². The summed E-state index contributed by atoms with van der Waals surface area (Å²) in [5, 5.41) is 13.6. The van der Waals surface area contributed by atoms with Crippen molar-refractivity contribution in [1.82, 2.24) is 5.32 Å². The third kappa shape index (κ3) is 3.64. The minimum absolute atomic E-state index is 0.167. The van der Waals surface area contributed by atoms with Gasteiger partial charge in [0.1, 0.15) is 5.75 Å². The van der Waals surface area contributed by atoms with Crippen LogP contribution in [0.15, 0.2) is 18.2 Å². The zero-order chi connectivity index (χ0) is 14.5. The number of hydrogen-bond donors (Lipinski definition) is 2. The first-order valence-corrected chi connectivity index (χ1v) is 7.54. The van der Waals surface area contributed by atoms with Crippen molar-refractivity contribution in [2.24, 2.45) is 0 Å². The summed E-state index contributed by atoms with van der Waals surface area (Å²) in [6.45, 7) is 9.80. The number of nitrogens with one attached hydrogen (secondary N) is 1. The molecule has 2 atom stereocenters. The monoisotopic (exact) mass is 278 g/mol. The van der Waals surface area contributed by atoms with Crippen LogP contribution in [-0.4, -0.2) is 37.5 Å². The van der Waals surface area contributed by atoms with E-state index < -0.39 is 0 Å². The fourth-order valence-electron chi connectivity index (χ4n) is 2.74. The van der Waals surface area contributed by atoms with Gasteiger partial charge in [-0.2, -0.15) is 0 Å². The van der Waals surface area contributed by atoms with Gasteiger partial charge in [0.25, 0.3) is 0 Å². The Morgan fingerprint density at radius 1 is 1.50 bits per heavy atom. The third-order valence-corrected chi connectivity index (χ3v) is 3.81. The second-order valence-electron chi connectivity index (χ2n) is 5.50. The molecule has 0 aliphatic carbocycles. The SMILES string of the molecule is CCNC(C)c1ccc(N2CCCOC(C)C2)cc1O. The Balaban J connectivity index is 2.15.